The largest absolute Gasteiger partial charge is 0.490 e. The summed E-state index contributed by atoms with van der Waals surface area (Å²) in [5, 5.41) is 3.40. The Morgan fingerprint density at radius 2 is 1.43 bits per heavy atom. The highest BCUT2D eigenvalue weighted by Gasteiger charge is 2.05. The third kappa shape index (κ3) is 6.54. The molecule has 1 atom stereocenters. The molecule has 3 rings (SSSR count). The number of para-hydroxylation sites is 1. The highest BCUT2D eigenvalue weighted by molar-refractivity contribution is 5.48. The first-order valence-electron chi connectivity index (χ1n) is 9.57. The number of hydrogen-bond donors (Lipinski definition) is 1. The second-order valence-corrected chi connectivity index (χ2v) is 6.66. The minimum atomic E-state index is 0.0469. The van der Waals surface area contributed by atoms with Crippen molar-refractivity contribution in [2.75, 3.05) is 25.1 Å². The maximum absolute atomic E-state index is 5.96. The molecule has 3 aromatic rings. The van der Waals surface area contributed by atoms with Gasteiger partial charge in [0, 0.05) is 11.8 Å². The van der Waals surface area contributed by atoms with E-state index in [0.29, 0.717) is 19.8 Å². The Bertz CT molecular complexity index is 851. The number of aryl methyl sites for hydroxylation is 1. The monoisotopic (exact) mass is 377 g/mol. The van der Waals surface area contributed by atoms with Crippen LogP contribution < -0.4 is 19.5 Å². The van der Waals surface area contributed by atoms with E-state index in [1.807, 2.05) is 72.8 Å². The number of benzene rings is 3. The molecule has 4 heteroatoms. The van der Waals surface area contributed by atoms with E-state index in [1.54, 1.807) is 0 Å². The second kappa shape index (κ2) is 10.3. The number of rotatable bonds is 10. The van der Waals surface area contributed by atoms with Crippen molar-refractivity contribution in [1.29, 1.82) is 0 Å². The SMILES string of the molecule is Cc1cccc(O[C@H](C)CNc2cccc(OCCOc3ccccc3)c2)c1. The first-order chi connectivity index (χ1) is 13.7. The van der Waals surface area contributed by atoms with Gasteiger partial charge in [0.15, 0.2) is 0 Å². The van der Waals surface area contributed by atoms with Gasteiger partial charge in [0.25, 0.3) is 0 Å². The molecule has 0 heterocycles. The first kappa shape index (κ1) is 19.6. The zero-order chi connectivity index (χ0) is 19.6. The van der Waals surface area contributed by atoms with Gasteiger partial charge in [-0.15, -0.1) is 0 Å². The molecule has 0 saturated carbocycles. The van der Waals surface area contributed by atoms with Crippen molar-refractivity contribution in [2.24, 2.45) is 0 Å². The Kier molecular flexibility index (Phi) is 7.19. The molecular formula is C24H27NO3. The van der Waals surface area contributed by atoms with Crippen LogP contribution in [-0.4, -0.2) is 25.9 Å². The van der Waals surface area contributed by atoms with Crippen LogP contribution in [-0.2, 0) is 0 Å². The van der Waals surface area contributed by atoms with Crippen molar-refractivity contribution in [1.82, 2.24) is 0 Å². The fourth-order valence-corrected chi connectivity index (χ4v) is 2.76. The van der Waals surface area contributed by atoms with Crippen LogP contribution in [0, 0.1) is 6.92 Å². The Labute approximate surface area is 167 Å². The second-order valence-electron chi connectivity index (χ2n) is 6.66. The van der Waals surface area contributed by atoms with Gasteiger partial charge in [-0.3, -0.25) is 0 Å². The quantitative estimate of drug-likeness (QED) is 0.485. The van der Waals surface area contributed by atoms with Crippen LogP contribution in [0.5, 0.6) is 17.2 Å². The molecule has 0 unspecified atom stereocenters. The van der Waals surface area contributed by atoms with Crippen LogP contribution in [0.3, 0.4) is 0 Å². The Morgan fingerprint density at radius 3 is 2.21 bits per heavy atom. The van der Waals surface area contributed by atoms with Gasteiger partial charge in [0.1, 0.15) is 36.6 Å². The normalized spacial score (nSPS) is 11.5. The van der Waals surface area contributed by atoms with Gasteiger partial charge in [-0.25, -0.2) is 0 Å². The topological polar surface area (TPSA) is 39.7 Å². The van der Waals surface area contributed by atoms with E-state index in [9.17, 15) is 0 Å². The van der Waals surface area contributed by atoms with Gasteiger partial charge in [0.2, 0.25) is 0 Å². The summed E-state index contributed by atoms with van der Waals surface area (Å²) in [6.45, 7) is 5.81. The molecule has 0 fully saturated rings. The summed E-state index contributed by atoms with van der Waals surface area (Å²) in [6, 6.07) is 25.8. The molecule has 28 heavy (non-hydrogen) atoms. The highest BCUT2D eigenvalue weighted by atomic mass is 16.5. The summed E-state index contributed by atoms with van der Waals surface area (Å²) in [5.41, 5.74) is 2.19. The number of hydrogen-bond acceptors (Lipinski definition) is 4. The maximum Gasteiger partial charge on any atom is 0.122 e. The van der Waals surface area contributed by atoms with E-state index < -0.39 is 0 Å². The van der Waals surface area contributed by atoms with Gasteiger partial charge in [-0.2, -0.15) is 0 Å². The Morgan fingerprint density at radius 1 is 0.750 bits per heavy atom. The first-order valence-corrected chi connectivity index (χ1v) is 9.57. The molecule has 1 N–H and O–H groups in total. The van der Waals surface area contributed by atoms with Crippen molar-refractivity contribution < 1.29 is 14.2 Å². The van der Waals surface area contributed by atoms with Crippen LogP contribution in [0.4, 0.5) is 5.69 Å². The fourth-order valence-electron chi connectivity index (χ4n) is 2.76. The van der Waals surface area contributed by atoms with Crippen LogP contribution in [0.15, 0.2) is 78.9 Å². The van der Waals surface area contributed by atoms with Crippen LogP contribution in [0.1, 0.15) is 12.5 Å². The number of anilines is 1. The van der Waals surface area contributed by atoms with Gasteiger partial charge in [0.05, 0.1) is 6.54 Å². The third-order valence-corrected chi connectivity index (χ3v) is 4.12. The van der Waals surface area contributed by atoms with Crippen LogP contribution in [0.2, 0.25) is 0 Å². The summed E-state index contributed by atoms with van der Waals surface area (Å²) in [7, 11) is 0. The molecule has 0 aliphatic rings. The van der Waals surface area contributed by atoms with Gasteiger partial charge in [-0.1, -0.05) is 36.4 Å². The number of ether oxygens (including phenoxy) is 3. The summed E-state index contributed by atoms with van der Waals surface area (Å²) < 4.78 is 17.4. The highest BCUT2D eigenvalue weighted by Crippen LogP contribution is 2.18. The van der Waals surface area contributed by atoms with Crippen molar-refractivity contribution in [3.63, 3.8) is 0 Å². The van der Waals surface area contributed by atoms with Crippen molar-refractivity contribution in [3.8, 4) is 17.2 Å². The predicted octanol–water partition coefficient (Wildman–Crippen LogP) is 5.33. The summed E-state index contributed by atoms with van der Waals surface area (Å²) in [5.74, 6) is 2.56. The van der Waals surface area contributed by atoms with Crippen molar-refractivity contribution in [2.45, 2.75) is 20.0 Å². The van der Waals surface area contributed by atoms with Gasteiger partial charge >= 0.3 is 0 Å². The van der Waals surface area contributed by atoms with Crippen molar-refractivity contribution >= 4 is 5.69 Å². The molecule has 0 saturated heterocycles. The Balaban J connectivity index is 1.41. The lowest BCUT2D eigenvalue weighted by atomic mass is 10.2. The van der Waals surface area contributed by atoms with E-state index in [-0.39, 0.29) is 6.10 Å². The molecular weight excluding hydrogens is 350 g/mol. The zero-order valence-electron chi connectivity index (χ0n) is 16.4. The van der Waals surface area contributed by atoms with E-state index in [0.717, 1.165) is 22.9 Å². The average molecular weight is 377 g/mol. The average Bonchev–Trinajstić information content (AvgIpc) is 2.71. The lowest BCUT2D eigenvalue weighted by Crippen LogP contribution is -2.22. The van der Waals surface area contributed by atoms with Crippen molar-refractivity contribution in [3.05, 3.63) is 84.4 Å². The lowest BCUT2D eigenvalue weighted by molar-refractivity contribution is 0.217. The minimum absolute atomic E-state index is 0.0469. The van der Waals surface area contributed by atoms with E-state index >= 15 is 0 Å². The predicted molar refractivity (Wildman–Crippen MR) is 114 cm³/mol. The molecule has 0 aromatic heterocycles. The summed E-state index contributed by atoms with van der Waals surface area (Å²) >= 11 is 0. The molecule has 0 aliphatic carbocycles. The Hall–Kier alpha value is -3.14. The van der Waals surface area contributed by atoms with Gasteiger partial charge < -0.3 is 19.5 Å². The fraction of sp³-hybridized carbons (Fsp3) is 0.250. The molecule has 4 nitrogen and oxygen atoms in total. The maximum atomic E-state index is 5.96. The molecule has 0 spiro atoms. The molecule has 0 bridgehead atoms. The standard InChI is InChI=1S/C24H27NO3/c1-19-8-6-13-24(16-19)28-20(2)18-25-21-9-7-12-23(17-21)27-15-14-26-22-10-4-3-5-11-22/h3-13,16-17,20,25H,14-15,18H2,1-2H3/t20-/m1/s1. The zero-order valence-corrected chi connectivity index (χ0v) is 16.4. The van der Waals surface area contributed by atoms with Crippen LogP contribution in [0.25, 0.3) is 0 Å². The molecule has 146 valence electrons. The van der Waals surface area contributed by atoms with E-state index in [2.05, 4.69) is 25.2 Å². The summed E-state index contributed by atoms with van der Waals surface area (Å²) in [4.78, 5) is 0. The molecule has 0 radical (unpaired) electrons. The summed E-state index contributed by atoms with van der Waals surface area (Å²) in [6.07, 6.45) is 0.0469. The lowest BCUT2D eigenvalue weighted by Gasteiger charge is -2.17. The minimum Gasteiger partial charge on any atom is -0.490 e. The molecule has 0 aliphatic heterocycles. The number of nitrogens with one attached hydrogen (secondary N) is 1. The van der Waals surface area contributed by atoms with Crippen LogP contribution >= 0.6 is 0 Å². The van der Waals surface area contributed by atoms with Gasteiger partial charge in [-0.05, 0) is 55.8 Å². The molecule has 0 amide bonds. The van der Waals surface area contributed by atoms with E-state index in [1.165, 1.54) is 5.56 Å². The van der Waals surface area contributed by atoms with E-state index in [4.69, 9.17) is 14.2 Å². The third-order valence-electron chi connectivity index (χ3n) is 4.12. The smallest absolute Gasteiger partial charge is 0.122 e. The molecule has 3 aromatic carbocycles.